The van der Waals surface area contributed by atoms with E-state index < -0.39 is 0 Å². The van der Waals surface area contributed by atoms with Crippen LogP contribution in [0.1, 0.15) is 69.9 Å². The van der Waals surface area contributed by atoms with Crippen LogP contribution in [-0.4, -0.2) is 52.5 Å². The average Bonchev–Trinajstić information content (AvgIpc) is 2.75. The number of rotatable bonds is 21. The molecular formula is C24H41NO5. The predicted molar refractivity (Wildman–Crippen MR) is 120 cm³/mol. The lowest BCUT2D eigenvalue weighted by atomic mass is 10.1. The first-order valence-electron chi connectivity index (χ1n) is 11.4. The number of hydrogen-bond donors (Lipinski definition) is 1. The number of hydrogen-bond acceptors (Lipinski definition) is 6. The van der Waals surface area contributed by atoms with E-state index in [-0.39, 0.29) is 6.04 Å². The maximum absolute atomic E-state index is 10.2. The Morgan fingerprint density at radius 3 is 1.77 bits per heavy atom. The number of unbranched alkanes of at least 4 members (excludes halogenated alkanes) is 6. The molecule has 30 heavy (non-hydrogen) atoms. The van der Waals surface area contributed by atoms with Crippen LogP contribution in [0.5, 0.6) is 5.75 Å². The molecule has 0 aliphatic carbocycles. The van der Waals surface area contributed by atoms with E-state index in [1.54, 1.807) is 0 Å². The SMILES string of the molecule is C[C@@H](N)c1ccc(OCCCCCCOCCOCCOCCCCCC=O)cc1. The fraction of sp³-hybridized carbons (Fsp3) is 0.708. The molecule has 172 valence electrons. The van der Waals surface area contributed by atoms with Gasteiger partial charge in [0.2, 0.25) is 0 Å². The molecule has 0 heterocycles. The van der Waals surface area contributed by atoms with Crippen molar-refractivity contribution in [3.05, 3.63) is 29.8 Å². The van der Waals surface area contributed by atoms with Gasteiger partial charge in [-0.1, -0.05) is 25.0 Å². The zero-order valence-electron chi connectivity index (χ0n) is 18.7. The van der Waals surface area contributed by atoms with E-state index >= 15 is 0 Å². The molecule has 0 saturated heterocycles. The topological polar surface area (TPSA) is 80.0 Å². The van der Waals surface area contributed by atoms with Crippen molar-refractivity contribution >= 4 is 6.29 Å². The van der Waals surface area contributed by atoms with Crippen LogP contribution in [0, 0.1) is 0 Å². The highest BCUT2D eigenvalue weighted by molar-refractivity contribution is 5.48. The Labute approximate surface area is 182 Å². The van der Waals surface area contributed by atoms with Crippen LogP contribution in [0.3, 0.4) is 0 Å². The smallest absolute Gasteiger partial charge is 0.119 e. The summed E-state index contributed by atoms with van der Waals surface area (Å²) < 4.78 is 22.3. The average molecular weight is 424 g/mol. The maximum atomic E-state index is 10.2. The standard InChI is InChI=1S/C24H41NO5/c1-22(25)23-10-12-24(13-11-23)30-17-9-5-4-8-16-28-19-21-29-20-18-27-15-7-3-2-6-14-26/h10-14,22H,2-9,15-21,25H2,1H3/t22-/m1/s1. The van der Waals surface area contributed by atoms with Gasteiger partial charge in [-0.25, -0.2) is 0 Å². The summed E-state index contributed by atoms with van der Waals surface area (Å²) in [6.45, 7) is 6.70. The molecule has 2 N–H and O–H groups in total. The van der Waals surface area contributed by atoms with Gasteiger partial charge in [0.05, 0.1) is 33.0 Å². The first kappa shape index (κ1) is 26.6. The van der Waals surface area contributed by atoms with Crippen molar-refractivity contribution in [2.75, 3.05) is 46.2 Å². The highest BCUT2D eigenvalue weighted by Gasteiger charge is 2.00. The Balaban J connectivity index is 1.76. The third-order valence-corrected chi connectivity index (χ3v) is 4.71. The molecule has 1 atom stereocenters. The van der Waals surface area contributed by atoms with Gasteiger partial charge < -0.3 is 29.5 Å². The first-order valence-corrected chi connectivity index (χ1v) is 11.4. The Morgan fingerprint density at radius 2 is 1.23 bits per heavy atom. The molecule has 1 aromatic carbocycles. The minimum Gasteiger partial charge on any atom is -0.494 e. The summed E-state index contributed by atoms with van der Waals surface area (Å²) >= 11 is 0. The van der Waals surface area contributed by atoms with Gasteiger partial charge in [0.15, 0.2) is 0 Å². The number of carbonyl (C=O) groups is 1. The minimum atomic E-state index is 0.0582. The quantitative estimate of drug-likeness (QED) is 0.232. The lowest BCUT2D eigenvalue weighted by molar-refractivity contribution is -0.107. The van der Waals surface area contributed by atoms with Gasteiger partial charge in [-0.15, -0.1) is 0 Å². The Morgan fingerprint density at radius 1 is 0.733 bits per heavy atom. The molecule has 1 aromatic rings. The summed E-state index contributed by atoms with van der Waals surface area (Å²) in [6, 6.07) is 8.07. The molecule has 1 rings (SSSR count). The van der Waals surface area contributed by atoms with Gasteiger partial charge in [0, 0.05) is 25.7 Å². The second-order valence-electron chi connectivity index (χ2n) is 7.47. The fourth-order valence-electron chi connectivity index (χ4n) is 2.87. The monoisotopic (exact) mass is 423 g/mol. The normalized spacial score (nSPS) is 12.1. The van der Waals surface area contributed by atoms with Crippen molar-refractivity contribution in [2.24, 2.45) is 5.73 Å². The van der Waals surface area contributed by atoms with Crippen LogP contribution >= 0.6 is 0 Å². The molecule has 0 bridgehead atoms. The van der Waals surface area contributed by atoms with E-state index in [0.717, 1.165) is 82.4 Å². The first-order chi connectivity index (χ1) is 14.7. The van der Waals surface area contributed by atoms with Crippen molar-refractivity contribution < 1.29 is 23.7 Å². The summed E-state index contributed by atoms with van der Waals surface area (Å²) in [5.74, 6) is 0.905. The zero-order valence-corrected chi connectivity index (χ0v) is 18.7. The van der Waals surface area contributed by atoms with Crippen LogP contribution in [0.2, 0.25) is 0 Å². The third kappa shape index (κ3) is 15.4. The molecule has 6 nitrogen and oxygen atoms in total. The number of aldehydes is 1. The van der Waals surface area contributed by atoms with E-state index in [2.05, 4.69) is 0 Å². The van der Waals surface area contributed by atoms with E-state index in [1.165, 1.54) is 0 Å². The van der Waals surface area contributed by atoms with Crippen molar-refractivity contribution in [1.82, 2.24) is 0 Å². The zero-order chi connectivity index (χ0) is 21.7. The third-order valence-electron chi connectivity index (χ3n) is 4.71. The molecule has 6 heteroatoms. The molecule has 0 aromatic heterocycles. The highest BCUT2D eigenvalue weighted by Crippen LogP contribution is 2.16. The van der Waals surface area contributed by atoms with Crippen molar-refractivity contribution in [3.63, 3.8) is 0 Å². The van der Waals surface area contributed by atoms with Gasteiger partial charge in [-0.05, 0) is 56.7 Å². The largest absolute Gasteiger partial charge is 0.494 e. The van der Waals surface area contributed by atoms with Crippen molar-refractivity contribution in [1.29, 1.82) is 0 Å². The van der Waals surface area contributed by atoms with Gasteiger partial charge >= 0.3 is 0 Å². The van der Waals surface area contributed by atoms with E-state index in [4.69, 9.17) is 24.7 Å². The molecule has 0 radical (unpaired) electrons. The molecule has 0 fully saturated rings. The fourth-order valence-corrected chi connectivity index (χ4v) is 2.87. The van der Waals surface area contributed by atoms with Crippen LogP contribution < -0.4 is 10.5 Å². The molecule has 0 aliphatic rings. The molecular weight excluding hydrogens is 382 g/mol. The predicted octanol–water partition coefficient (Wildman–Crippen LogP) is 4.45. The van der Waals surface area contributed by atoms with Crippen molar-refractivity contribution in [2.45, 2.75) is 64.3 Å². The van der Waals surface area contributed by atoms with Gasteiger partial charge in [-0.2, -0.15) is 0 Å². The van der Waals surface area contributed by atoms with Crippen LogP contribution in [0.15, 0.2) is 24.3 Å². The van der Waals surface area contributed by atoms with Crippen LogP contribution in [0.25, 0.3) is 0 Å². The lowest BCUT2D eigenvalue weighted by Crippen LogP contribution is -2.10. The minimum absolute atomic E-state index is 0.0582. The Bertz CT molecular complexity index is 507. The highest BCUT2D eigenvalue weighted by atomic mass is 16.5. The molecule has 0 unspecified atom stereocenters. The Hall–Kier alpha value is -1.47. The number of ether oxygens (including phenoxy) is 4. The summed E-state index contributed by atoms with van der Waals surface area (Å²) in [5, 5.41) is 0. The van der Waals surface area contributed by atoms with Gasteiger partial charge in [0.1, 0.15) is 12.0 Å². The van der Waals surface area contributed by atoms with E-state index in [9.17, 15) is 4.79 Å². The van der Waals surface area contributed by atoms with Gasteiger partial charge in [-0.3, -0.25) is 0 Å². The second kappa shape index (κ2) is 19.5. The van der Waals surface area contributed by atoms with Crippen molar-refractivity contribution in [3.8, 4) is 5.75 Å². The van der Waals surface area contributed by atoms with Crippen LogP contribution in [0.4, 0.5) is 0 Å². The van der Waals surface area contributed by atoms with E-state index in [0.29, 0.717) is 32.8 Å². The Kier molecular flexibility index (Phi) is 17.3. The molecule has 0 saturated carbocycles. The summed E-state index contributed by atoms with van der Waals surface area (Å²) in [5.41, 5.74) is 6.97. The summed E-state index contributed by atoms with van der Waals surface area (Å²) in [4.78, 5) is 10.2. The van der Waals surface area contributed by atoms with Crippen LogP contribution in [-0.2, 0) is 19.0 Å². The molecule has 0 spiro atoms. The number of benzene rings is 1. The second-order valence-corrected chi connectivity index (χ2v) is 7.47. The molecule has 0 aliphatic heterocycles. The van der Waals surface area contributed by atoms with Gasteiger partial charge in [0.25, 0.3) is 0 Å². The number of nitrogens with two attached hydrogens (primary N) is 1. The lowest BCUT2D eigenvalue weighted by Gasteiger charge is -2.09. The summed E-state index contributed by atoms with van der Waals surface area (Å²) in [7, 11) is 0. The number of carbonyl (C=O) groups excluding carboxylic acids is 1. The molecule has 0 amide bonds. The summed E-state index contributed by atoms with van der Waals surface area (Å²) in [6.07, 6.45) is 9.04. The maximum Gasteiger partial charge on any atom is 0.119 e. The van der Waals surface area contributed by atoms with E-state index in [1.807, 2.05) is 31.2 Å².